The van der Waals surface area contributed by atoms with Gasteiger partial charge in [0.15, 0.2) is 23.2 Å². The van der Waals surface area contributed by atoms with Crippen LogP contribution < -0.4 is 4.90 Å². The summed E-state index contributed by atoms with van der Waals surface area (Å²) in [5.41, 5.74) is 0.590. The van der Waals surface area contributed by atoms with Crippen molar-refractivity contribution in [2.75, 3.05) is 31.1 Å². The highest BCUT2D eigenvalue weighted by Gasteiger charge is 2.31. The molecule has 1 aromatic carbocycles. The Labute approximate surface area is 164 Å². The van der Waals surface area contributed by atoms with Crippen molar-refractivity contribution in [3.8, 4) is 11.5 Å². The van der Waals surface area contributed by atoms with Gasteiger partial charge in [0.2, 0.25) is 16.0 Å². The van der Waals surface area contributed by atoms with E-state index < -0.39 is 32.4 Å². The van der Waals surface area contributed by atoms with Crippen LogP contribution in [0.1, 0.15) is 0 Å². The topological polar surface area (TPSA) is 79.5 Å². The number of aromatic nitrogens is 2. The van der Waals surface area contributed by atoms with Gasteiger partial charge in [0.05, 0.1) is 11.2 Å². The van der Waals surface area contributed by atoms with Crippen LogP contribution in [-0.4, -0.2) is 48.9 Å². The molecule has 1 fully saturated rings. The van der Waals surface area contributed by atoms with Crippen LogP contribution in [-0.2, 0) is 10.0 Å². The molecular formula is C18H15F3N4O3S. The first-order valence-electron chi connectivity index (χ1n) is 8.63. The van der Waals surface area contributed by atoms with Gasteiger partial charge in [0.1, 0.15) is 5.69 Å². The maximum atomic E-state index is 13.4. The molecule has 0 spiro atoms. The number of hydrogen-bond donors (Lipinski definition) is 0. The first-order valence-corrected chi connectivity index (χ1v) is 10.1. The number of hydrogen-bond acceptors (Lipinski definition) is 6. The zero-order valence-corrected chi connectivity index (χ0v) is 15.7. The second-order valence-electron chi connectivity index (χ2n) is 6.31. The van der Waals surface area contributed by atoms with Crippen molar-refractivity contribution in [1.29, 1.82) is 0 Å². The summed E-state index contributed by atoms with van der Waals surface area (Å²) in [5, 5.41) is 0. The van der Waals surface area contributed by atoms with Gasteiger partial charge in [0, 0.05) is 32.4 Å². The maximum Gasteiger partial charge on any atom is 0.243 e. The van der Waals surface area contributed by atoms with Gasteiger partial charge in [-0.2, -0.15) is 4.31 Å². The lowest BCUT2D eigenvalue weighted by Gasteiger charge is -2.34. The predicted octanol–water partition coefficient (Wildman–Crippen LogP) is 2.66. The summed E-state index contributed by atoms with van der Waals surface area (Å²) in [5.74, 6) is -3.82. The van der Waals surface area contributed by atoms with Crippen LogP contribution in [0.25, 0.3) is 11.5 Å². The zero-order valence-electron chi connectivity index (χ0n) is 14.9. The van der Waals surface area contributed by atoms with Crippen molar-refractivity contribution in [1.82, 2.24) is 14.3 Å². The van der Waals surface area contributed by atoms with Gasteiger partial charge in [-0.05, 0) is 30.3 Å². The third-order valence-electron chi connectivity index (χ3n) is 4.53. The largest absolute Gasteiger partial charge is 0.463 e. The summed E-state index contributed by atoms with van der Waals surface area (Å²) in [4.78, 5) is 9.81. The van der Waals surface area contributed by atoms with Crippen molar-refractivity contribution < 1.29 is 26.0 Å². The molecule has 0 saturated carbocycles. The van der Waals surface area contributed by atoms with Gasteiger partial charge in [-0.1, -0.05) is 0 Å². The molecule has 0 amide bonds. The molecule has 2 aromatic heterocycles. The molecule has 1 aliphatic rings. The number of sulfonamides is 1. The summed E-state index contributed by atoms with van der Waals surface area (Å²) < 4.78 is 71.8. The van der Waals surface area contributed by atoms with Crippen LogP contribution in [0.4, 0.5) is 19.1 Å². The van der Waals surface area contributed by atoms with Gasteiger partial charge in [-0.25, -0.2) is 31.6 Å². The number of piperazine rings is 1. The minimum absolute atomic E-state index is 0.0529. The van der Waals surface area contributed by atoms with Crippen LogP contribution >= 0.6 is 0 Å². The lowest BCUT2D eigenvalue weighted by Crippen LogP contribution is -2.49. The standard InChI is InChI=1S/C18H15F3N4O3S/c19-13-10-12(11-14(20)17(13)21)29(26,27)25-7-5-24(6-8-25)18-22-4-3-15(23-18)16-2-1-9-28-16/h1-4,9-11H,5-8H2. The molecule has 0 aliphatic carbocycles. The summed E-state index contributed by atoms with van der Waals surface area (Å²) in [6, 6.07) is 6.16. The van der Waals surface area contributed by atoms with Crippen molar-refractivity contribution in [3.05, 3.63) is 60.2 Å². The van der Waals surface area contributed by atoms with E-state index in [9.17, 15) is 21.6 Å². The maximum absolute atomic E-state index is 13.4. The molecule has 7 nitrogen and oxygen atoms in total. The molecular weight excluding hydrogens is 409 g/mol. The van der Waals surface area contributed by atoms with Gasteiger partial charge < -0.3 is 9.32 Å². The zero-order chi connectivity index (χ0) is 20.6. The summed E-state index contributed by atoms with van der Waals surface area (Å²) in [6.45, 7) is 0.647. The van der Waals surface area contributed by atoms with Gasteiger partial charge in [0.25, 0.3) is 0 Å². The Morgan fingerprint density at radius 1 is 1.00 bits per heavy atom. The molecule has 1 saturated heterocycles. The van der Waals surface area contributed by atoms with Crippen LogP contribution in [0.15, 0.2) is 52.1 Å². The lowest BCUT2D eigenvalue weighted by molar-refractivity contribution is 0.380. The molecule has 0 radical (unpaired) electrons. The smallest absolute Gasteiger partial charge is 0.243 e. The molecule has 0 bridgehead atoms. The van der Waals surface area contributed by atoms with Gasteiger partial charge in [-0.3, -0.25) is 0 Å². The highest BCUT2D eigenvalue weighted by Crippen LogP contribution is 2.24. The number of furan rings is 1. The Morgan fingerprint density at radius 2 is 1.69 bits per heavy atom. The van der Waals surface area contributed by atoms with Crippen molar-refractivity contribution in [2.24, 2.45) is 0 Å². The minimum Gasteiger partial charge on any atom is -0.463 e. The molecule has 3 aromatic rings. The van der Waals surface area contributed by atoms with Gasteiger partial charge >= 0.3 is 0 Å². The second-order valence-corrected chi connectivity index (χ2v) is 8.25. The monoisotopic (exact) mass is 424 g/mol. The van der Waals surface area contributed by atoms with Crippen LogP contribution in [0.2, 0.25) is 0 Å². The molecule has 3 heterocycles. The molecule has 0 N–H and O–H groups in total. The average Bonchev–Trinajstić information content (AvgIpc) is 3.27. The minimum atomic E-state index is -4.17. The molecule has 0 unspecified atom stereocenters. The number of benzene rings is 1. The van der Waals surface area contributed by atoms with E-state index in [0.29, 0.717) is 29.5 Å². The summed E-state index contributed by atoms with van der Waals surface area (Å²) in [7, 11) is -4.17. The fraction of sp³-hybridized carbons (Fsp3) is 0.222. The van der Waals surface area contributed by atoms with Crippen LogP contribution in [0.5, 0.6) is 0 Å². The van der Waals surface area contributed by atoms with E-state index in [-0.39, 0.29) is 26.2 Å². The highest BCUT2D eigenvalue weighted by atomic mass is 32.2. The Hall–Kier alpha value is -2.92. The molecule has 4 rings (SSSR count). The Morgan fingerprint density at radius 3 is 2.31 bits per heavy atom. The summed E-state index contributed by atoms with van der Waals surface area (Å²) >= 11 is 0. The molecule has 0 atom stereocenters. The Balaban J connectivity index is 1.50. The molecule has 29 heavy (non-hydrogen) atoms. The van der Waals surface area contributed by atoms with Crippen LogP contribution in [0.3, 0.4) is 0 Å². The molecule has 11 heteroatoms. The third-order valence-corrected chi connectivity index (χ3v) is 6.41. The van der Waals surface area contributed by atoms with E-state index in [1.165, 1.54) is 6.26 Å². The lowest BCUT2D eigenvalue weighted by atomic mass is 10.3. The SMILES string of the molecule is O=S(=O)(c1cc(F)c(F)c(F)c1)N1CCN(c2nccc(-c3ccco3)n2)CC1. The van der Waals surface area contributed by atoms with E-state index >= 15 is 0 Å². The highest BCUT2D eigenvalue weighted by molar-refractivity contribution is 7.89. The molecule has 1 aliphatic heterocycles. The first kappa shape index (κ1) is 19.4. The fourth-order valence-electron chi connectivity index (χ4n) is 3.02. The van der Waals surface area contributed by atoms with Crippen LogP contribution in [0, 0.1) is 17.5 Å². The van der Waals surface area contributed by atoms with E-state index in [2.05, 4.69) is 9.97 Å². The second kappa shape index (κ2) is 7.48. The normalized spacial score (nSPS) is 15.6. The number of halogens is 3. The Kier molecular flexibility index (Phi) is 5.01. The van der Waals surface area contributed by atoms with E-state index in [4.69, 9.17) is 4.42 Å². The first-order chi connectivity index (χ1) is 13.9. The van der Waals surface area contributed by atoms with E-state index in [1.807, 2.05) is 0 Å². The van der Waals surface area contributed by atoms with Crippen molar-refractivity contribution >= 4 is 16.0 Å². The number of anilines is 1. The molecule has 152 valence electrons. The number of nitrogens with zero attached hydrogens (tertiary/aromatic N) is 4. The predicted molar refractivity (Wildman–Crippen MR) is 97.0 cm³/mol. The third kappa shape index (κ3) is 3.70. The number of rotatable bonds is 4. The summed E-state index contributed by atoms with van der Waals surface area (Å²) in [6.07, 6.45) is 3.11. The fourth-order valence-corrected chi connectivity index (χ4v) is 4.47. The average molecular weight is 424 g/mol. The van der Waals surface area contributed by atoms with Crippen molar-refractivity contribution in [3.63, 3.8) is 0 Å². The quantitative estimate of drug-likeness (QED) is 0.600. The van der Waals surface area contributed by atoms with Gasteiger partial charge in [-0.15, -0.1) is 0 Å². The van der Waals surface area contributed by atoms with Crippen molar-refractivity contribution in [2.45, 2.75) is 4.90 Å². The van der Waals surface area contributed by atoms with E-state index in [0.717, 1.165) is 4.31 Å². The Bertz CT molecular complexity index is 1110. The van der Waals surface area contributed by atoms with E-state index in [1.54, 1.807) is 29.3 Å².